The van der Waals surface area contributed by atoms with E-state index in [1.165, 1.54) is 7.11 Å². The summed E-state index contributed by atoms with van der Waals surface area (Å²) in [6, 6.07) is -0.944. The highest BCUT2D eigenvalue weighted by Crippen LogP contribution is 2.43. The van der Waals surface area contributed by atoms with Crippen molar-refractivity contribution in [2.75, 3.05) is 19.4 Å². The molecule has 7 nitrogen and oxygen atoms in total. The lowest BCUT2D eigenvalue weighted by Gasteiger charge is -2.23. The summed E-state index contributed by atoms with van der Waals surface area (Å²) in [5, 5.41) is 9.37. The van der Waals surface area contributed by atoms with Crippen LogP contribution in [0.2, 0.25) is 0 Å². The molecule has 0 amide bonds. The van der Waals surface area contributed by atoms with Crippen molar-refractivity contribution >= 4 is 22.0 Å². The second kappa shape index (κ2) is 6.31. The quantitative estimate of drug-likeness (QED) is 0.714. The lowest BCUT2D eigenvalue weighted by atomic mass is 9.94. The maximum atomic E-state index is 12.4. The number of rotatable bonds is 6. The van der Waals surface area contributed by atoms with Gasteiger partial charge in [-0.1, -0.05) is 6.42 Å². The SMILES string of the molecule is COC(=O)CCCS(=O)(=O)N1CC2CCCC2C1C(=O)O. The maximum absolute atomic E-state index is 12.4. The van der Waals surface area contributed by atoms with E-state index in [0.717, 1.165) is 23.6 Å². The first kappa shape index (κ1) is 16.2. The molecule has 3 unspecified atom stereocenters. The van der Waals surface area contributed by atoms with E-state index in [0.29, 0.717) is 6.54 Å². The smallest absolute Gasteiger partial charge is 0.322 e. The normalized spacial score (nSPS) is 29.3. The van der Waals surface area contributed by atoms with Gasteiger partial charge in [-0.2, -0.15) is 4.31 Å². The maximum Gasteiger partial charge on any atom is 0.322 e. The lowest BCUT2D eigenvalue weighted by molar-refractivity contribution is -0.142. The summed E-state index contributed by atoms with van der Waals surface area (Å²) in [5.41, 5.74) is 0. The predicted octanol–water partition coefficient (Wildman–Crippen LogP) is 0.454. The van der Waals surface area contributed by atoms with Gasteiger partial charge in [0, 0.05) is 13.0 Å². The summed E-state index contributed by atoms with van der Waals surface area (Å²) in [6.07, 6.45) is 2.80. The number of sulfonamides is 1. The molecule has 0 aromatic rings. The molecule has 0 radical (unpaired) electrons. The van der Waals surface area contributed by atoms with Crippen molar-refractivity contribution < 1.29 is 27.9 Å². The molecule has 1 saturated carbocycles. The number of carboxylic acid groups (broad SMARTS) is 1. The van der Waals surface area contributed by atoms with Crippen molar-refractivity contribution in [3.63, 3.8) is 0 Å². The molecule has 1 heterocycles. The molecule has 120 valence electrons. The molecule has 8 heteroatoms. The number of hydrogen-bond acceptors (Lipinski definition) is 5. The Labute approximate surface area is 124 Å². The molecule has 2 rings (SSSR count). The van der Waals surface area contributed by atoms with Gasteiger partial charge in [0.05, 0.1) is 12.9 Å². The first-order valence-electron chi connectivity index (χ1n) is 7.16. The van der Waals surface area contributed by atoms with Gasteiger partial charge in [0.25, 0.3) is 0 Å². The zero-order valence-corrected chi connectivity index (χ0v) is 12.8. The van der Waals surface area contributed by atoms with Crippen LogP contribution in [0.3, 0.4) is 0 Å². The number of carbonyl (C=O) groups is 2. The minimum atomic E-state index is -3.66. The van der Waals surface area contributed by atoms with E-state index in [9.17, 15) is 23.1 Å². The summed E-state index contributed by atoms with van der Waals surface area (Å²) < 4.78 is 30.3. The number of nitrogens with zero attached hydrogens (tertiary/aromatic N) is 1. The highest BCUT2D eigenvalue weighted by Gasteiger charge is 2.51. The van der Waals surface area contributed by atoms with Crippen LogP contribution in [0.4, 0.5) is 0 Å². The van der Waals surface area contributed by atoms with E-state index >= 15 is 0 Å². The van der Waals surface area contributed by atoms with Crippen LogP contribution in [0.5, 0.6) is 0 Å². The minimum Gasteiger partial charge on any atom is -0.480 e. The first-order valence-corrected chi connectivity index (χ1v) is 8.77. The molecule has 0 aromatic heterocycles. The van der Waals surface area contributed by atoms with Crippen molar-refractivity contribution in [1.82, 2.24) is 4.31 Å². The van der Waals surface area contributed by atoms with E-state index in [2.05, 4.69) is 4.74 Å². The van der Waals surface area contributed by atoms with Crippen LogP contribution < -0.4 is 0 Å². The lowest BCUT2D eigenvalue weighted by Crippen LogP contribution is -2.44. The Morgan fingerprint density at radius 3 is 2.67 bits per heavy atom. The average Bonchev–Trinajstić information content (AvgIpc) is 2.97. The molecular formula is C13H21NO6S. The molecule has 21 heavy (non-hydrogen) atoms. The third-order valence-electron chi connectivity index (χ3n) is 4.47. The second-order valence-corrected chi connectivity index (χ2v) is 7.74. The Morgan fingerprint density at radius 2 is 2.05 bits per heavy atom. The molecule has 1 N–H and O–H groups in total. The highest BCUT2D eigenvalue weighted by atomic mass is 32.2. The number of carboxylic acids is 1. The fourth-order valence-electron chi connectivity index (χ4n) is 3.48. The second-order valence-electron chi connectivity index (χ2n) is 5.70. The third kappa shape index (κ3) is 3.37. The van der Waals surface area contributed by atoms with Gasteiger partial charge in [-0.05, 0) is 31.1 Å². The van der Waals surface area contributed by atoms with Crippen LogP contribution in [-0.2, 0) is 24.3 Å². The van der Waals surface area contributed by atoms with E-state index in [1.54, 1.807) is 0 Å². The van der Waals surface area contributed by atoms with Crippen LogP contribution >= 0.6 is 0 Å². The van der Waals surface area contributed by atoms with E-state index in [4.69, 9.17) is 0 Å². The van der Waals surface area contributed by atoms with E-state index in [1.807, 2.05) is 0 Å². The van der Waals surface area contributed by atoms with Gasteiger partial charge >= 0.3 is 11.9 Å². The fourth-order valence-corrected chi connectivity index (χ4v) is 5.23. The third-order valence-corrected chi connectivity index (χ3v) is 6.36. The number of carbonyl (C=O) groups excluding carboxylic acids is 1. The van der Waals surface area contributed by atoms with Gasteiger partial charge in [0.15, 0.2) is 0 Å². The summed E-state index contributed by atoms with van der Waals surface area (Å²) >= 11 is 0. The summed E-state index contributed by atoms with van der Waals surface area (Å²) in [5.74, 6) is -1.66. The van der Waals surface area contributed by atoms with Crippen LogP contribution in [0.15, 0.2) is 0 Å². The summed E-state index contributed by atoms with van der Waals surface area (Å²) in [6.45, 7) is 0.294. The van der Waals surface area contributed by atoms with Gasteiger partial charge in [-0.15, -0.1) is 0 Å². The molecule has 0 spiro atoms. The molecule has 2 fully saturated rings. The van der Waals surface area contributed by atoms with Crippen molar-refractivity contribution in [2.45, 2.75) is 38.1 Å². The van der Waals surface area contributed by atoms with Gasteiger partial charge in [0.2, 0.25) is 10.0 Å². The Balaban J connectivity index is 2.04. The molecule has 2 aliphatic rings. The zero-order valence-electron chi connectivity index (χ0n) is 12.0. The first-order chi connectivity index (χ1) is 9.86. The summed E-state index contributed by atoms with van der Waals surface area (Å²) in [4.78, 5) is 22.5. The van der Waals surface area contributed by atoms with Crippen LogP contribution in [0.1, 0.15) is 32.1 Å². The van der Waals surface area contributed by atoms with E-state index in [-0.39, 0.29) is 30.4 Å². The van der Waals surface area contributed by atoms with Crippen molar-refractivity contribution in [2.24, 2.45) is 11.8 Å². The molecule has 0 bridgehead atoms. The van der Waals surface area contributed by atoms with Crippen LogP contribution in [0, 0.1) is 11.8 Å². The molecule has 3 atom stereocenters. The Hall–Kier alpha value is -1.15. The van der Waals surface area contributed by atoms with Gasteiger partial charge in [0.1, 0.15) is 6.04 Å². The molecule has 0 aromatic carbocycles. The van der Waals surface area contributed by atoms with Gasteiger partial charge < -0.3 is 9.84 Å². The van der Waals surface area contributed by atoms with Crippen LogP contribution in [0.25, 0.3) is 0 Å². The van der Waals surface area contributed by atoms with Crippen molar-refractivity contribution in [3.05, 3.63) is 0 Å². The standard InChI is InChI=1S/C13H21NO6S/c1-20-11(15)6-3-7-21(18,19)14-8-9-4-2-5-10(9)12(14)13(16)17/h9-10,12H,2-8H2,1H3,(H,16,17). The molecule has 1 aliphatic heterocycles. The monoisotopic (exact) mass is 319 g/mol. The number of methoxy groups -OCH3 is 1. The molecular weight excluding hydrogens is 298 g/mol. The minimum absolute atomic E-state index is 0.0220. The number of ether oxygens (including phenoxy) is 1. The Kier molecular flexibility index (Phi) is 4.88. The number of fused-ring (bicyclic) bond motifs is 1. The predicted molar refractivity (Wildman–Crippen MR) is 74.0 cm³/mol. The average molecular weight is 319 g/mol. The Bertz CT molecular complexity index is 517. The fraction of sp³-hybridized carbons (Fsp3) is 0.846. The topological polar surface area (TPSA) is 101 Å². The van der Waals surface area contributed by atoms with Crippen molar-refractivity contribution in [1.29, 1.82) is 0 Å². The van der Waals surface area contributed by atoms with Crippen molar-refractivity contribution in [3.8, 4) is 0 Å². The number of hydrogen-bond donors (Lipinski definition) is 1. The Morgan fingerprint density at radius 1 is 1.33 bits per heavy atom. The molecule has 1 saturated heterocycles. The van der Waals surface area contributed by atoms with E-state index < -0.39 is 28.0 Å². The van der Waals surface area contributed by atoms with Crippen LogP contribution in [-0.4, -0.2) is 55.2 Å². The summed E-state index contributed by atoms with van der Waals surface area (Å²) in [7, 11) is -2.41. The van der Waals surface area contributed by atoms with Gasteiger partial charge in [-0.25, -0.2) is 8.42 Å². The molecule has 1 aliphatic carbocycles. The largest absolute Gasteiger partial charge is 0.480 e. The highest BCUT2D eigenvalue weighted by molar-refractivity contribution is 7.89. The number of esters is 1. The zero-order chi connectivity index (χ0) is 15.6. The number of aliphatic carboxylic acids is 1. The van der Waals surface area contributed by atoms with Gasteiger partial charge in [-0.3, -0.25) is 9.59 Å².